The number of rotatable bonds is 6. The summed E-state index contributed by atoms with van der Waals surface area (Å²) in [5.41, 5.74) is -0.404. The van der Waals surface area contributed by atoms with Crippen LogP contribution in [0.4, 0.5) is 14.5 Å². The first-order chi connectivity index (χ1) is 14.2. The predicted octanol–water partition coefficient (Wildman–Crippen LogP) is 3.08. The second-order valence-corrected chi connectivity index (χ2v) is 6.41. The second kappa shape index (κ2) is 9.66. The van der Waals surface area contributed by atoms with Gasteiger partial charge < -0.3 is 19.1 Å². The average Bonchev–Trinajstić information content (AvgIpc) is 2.71. The molecule has 0 spiro atoms. The molecular formula is C19H20ClF2N3O5. The predicted molar refractivity (Wildman–Crippen MR) is 107 cm³/mol. The molecule has 11 heteroatoms. The van der Waals surface area contributed by atoms with E-state index in [0.29, 0.717) is 5.57 Å². The van der Waals surface area contributed by atoms with E-state index < -0.39 is 35.1 Å². The molecule has 1 aromatic carbocycles. The molecule has 0 N–H and O–H groups in total. The normalized spacial score (nSPS) is 17.2. The number of hydrogen-bond acceptors (Lipinski definition) is 6. The number of methoxy groups -OCH3 is 2. The van der Waals surface area contributed by atoms with E-state index in [4.69, 9.17) is 25.8 Å². The van der Waals surface area contributed by atoms with Gasteiger partial charge >= 0.3 is 5.97 Å². The van der Waals surface area contributed by atoms with Crippen molar-refractivity contribution in [1.82, 2.24) is 0 Å². The third kappa shape index (κ3) is 4.28. The lowest BCUT2D eigenvalue weighted by molar-refractivity contribution is -0.150. The molecule has 1 aromatic rings. The van der Waals surface area contributed by atoms with Crippen molar-refractivity contribution in [2.75, 3.05) is 32.3 Å². The molecule has 0 aliphatic carbocycles. The maximum absolute atomic E-state index is 15.0. The molecule has 0 radical (unpaired) electrons. The van der Waals surface area contributed by atoms with Gasteiger partial charge in [0.15, 0.2) is 29.1 Å². The molecule has 30 heavy (non-hydrogen) atoms. The Bertz CT molecular complexity index is 920. The molecule has 1 aliphatic rings. The smallest absolute Gasteiger partial charge is 0.324 e. The molecule has 2 rings (SSSR count). The van der Waals surface area contributed by atoms with Gasteiger partial charge in [0.1, 0.15) is 5.69 Å². The molecule has 0 saturated carbocycles. The van der Waals surface area contributed by atoms with Crippen molar-refractivity contribution >= 4 is 41.2 Å². The highest BCUT2D eigenvalue weighted by molar-refractivity contribution is 6.65. The molecule has 0 saturated heterocycles. The van der Waals surface area contributed by atoms with Gasteiger partial charge in [0, 0.05) is 12.6 Å². The van der Waals surface area contributed by atoms with Crippen molar-refractivity contribution < 1.29 is 32.6 Å². The second-order valence-electron chi connectivity index (χ2n) is 6.07. The Morgan fingerprint density at radius 2 is 1.87 bits per heavy atom. The van der Waals surface area contributed by atoms with E-state index in [1.165, 1.54) is 21.1 Å². The monoisotopic (exact) mass is 443 g/mol. The molecule has 162 valence electrons. The van der Waals surface area contributed by atoms with Crippen LogP contribution in [-0.4, -0.2) is 51.3 Å². The lowest BCUT2D eigenvalue weighted by Gasteiger charge is -2.33. The Morgan fingerprint density at radius 1 is 1.30 bits per heavy atom. The highest BCUT2D eigenvalue weighted by Crippen LogP contribution is 2.40. The quantitative estimate of drug-likeness (QED) is 0.221. The number of hydrogen-bond donors (Lipinski definition) is 0. The summed E-state index contributed by atoms with van der Waals surface area (Å²) in [7, 11) is 2.36. The molecule has 0 bridgehead atoms. The summed E-state index contributed by atoms with van der Waals surface area (Å²) >= 11 is 5.80. The minimum Gasteiger partial charge on any atom is -0.493 e. The lowest BCUT2D eigenvalue weighted by atomic mass is 9.94. The van der Waals surface area contributed by atoms with Gasteiger partial charge in [-0.05, 0) is 37.7 Å². The third-order valence-corrected chi connectivity index (χ3v) is 4.51. The maximum Gasteiger partial charge on any atom is 0.324 e. The molecule has 1 aliphatic heterocycles. The number of nitrogens with zero attached hydrogens (tertiary/aromatic N) is 3. The summed E-state index contributed by atoms with van der Waals surface area (Å²) in [6.07, 6.45) is 0. The van der Waals surface area contributed by atoms with Gasteiger partial charge in [-0.2, -0.15) is 0 Å². The summed E-state index contributed by atoms with van der Waals surface area (Å²) in [6, 6.07) is 1.01. The number of carbonyl (C=O) groups is 2. The molecule has 1 unspecified atom stereocenters. The van der Waals surface area contributed by atoms with E-state index in [2.05, 4.69) is 16.7 Å². The maximum atomic E-state index is 15.0. The molecular weight excluding hydrogens is 424 g/mol. The van der Waals surface area contributed by atoms with Crippen molar-refractivity contribution in [3.8, 4) is 11.5 Å². The summed E-state index contributed by atoms with van der Waals surface area (Å²) in [6.45, 7) is 6.00. The van der Waals surface area contributed by atoms with Crippen LogP contribution in [-0.2, 0) is 14.3 Å². The highest BCUT2D eigenvalue weighted by Gasteiger charge is 2.43. The SMILES string of the molecule is C=NC(Cl)=NC1=C(C)CN(c2c(F)c(OC)cc(OC)c2F)C(=O)C1C(=O)OCC. The van der Waals surface area contributed by atoms with Gasteiger partial charge in [-0.3, -0.25) is 9.59 Å². The van der Waals surface area contributed by atoms with Gasteiger partial charge in [0.05, 0.1) is 26.5 Å². The van der Waals surface area contributed by atoms with E-state index in [1.54, 1.807) is 6.92 Å². The van der Waals surface area contributed by atoms with Crippen molar-refractivity contribution in [2.24, 2.45) is 15.9 Å². The summed E-state index contributed by atoms with van der Waals surface area (Å²) in [4.78, 5) is 33.9. The number of anilines is 1. The lowest BCUT2D eigenvalue weighted by Crippen LogP contribution is -2.46. The molecule has 0 aromatic heterocycles. The van der Waals surface area contributed by atoms with E-state index in [-0.39, 0.29) is 35.6 Å². The Morgan fingerprint density at radius 3 is 2.33 bits per heavy atom. The number of ether oxygens (including phenoxy) is 3. The topological polar surface area (TPSA) is 89.8 Å². The van der Waals surface area contributed by atoms with Crippen LogP contribution in [0.2, 0.25) is 0 Å². The van der Waals surface area contributed by atoms with E-state index in [9.17, 15) is 18.4 Å². The zero-order valence-corrected chi connectivity index (χ0v) is 17.5. The minimum atomic E-state index is -1.61. The number of aliphatic imine (C=N–C) groups is 2. The van der Waals surface area contributed by atoms with Crippen molar-refractivity contribution in [3.63, 3.8) is 0 Å². The molecule has 1 atom stereocenters. The van der Waals surface area contributed by atoms with Gasteiger partial charge in [0.25, 0.3) is 0 Å². The van der Waals surface area contributed by atoms with Gasteiger partial charge in [-0.1, -0.05) is 0 Å². The first-order valence-corrected chi connectivity index (χ1v) is 9.08. The van der Waals surface area contributed by atoms with Crippen molar-refractivity contribution in [2.45, 2.75) is 13.8 Å². The van der Waals surface area contributed by atoms with Gasteiger partial charge in [-0.25, -0.2) is 18.8 Å². The highest BCUT2D eigenvalue weighted by atomic mass is 35.5. The summed E-state index contributed by atoms with van der Waals surface area (Å²) < 4.78 is 44.7. The fourth-order valence-electron chi connectivity index (χ4n) is 2.95. The average molecular weight is 444 g/mol. The van der Waals surface area contributed by atoms with Crippen LogP contribution >= 0.6 is 11.6 Å². The molecule has 1 amide bonds. The number of esters is 1. The first-order valence-electron chi connectivity index (χ1n) is 8.70. The number of amides is 1. The van der Waals surface area contributed by atoms with E-state index in [1.807, 2.05) is 0 Å². The van der Waals surface area contributed by atoms with Crippen molar-refractivity contribution in [1.29, 1.82) is 0 Å². The zero-order chi connectivity index (χ0) is 22.6. The molecule has 1 heterocycles. The standard InChI is InChI=1S/C19H20ClF2N3O5/c1-6-30-18(27)12-15(24-19(20)23-3)9(2)8-25(17(12)26)16-13(21)10(28-4)7-11(29-5)14(16)22/h7,12H,3,6,8H2,1-2,4-5H3. The Hall–Kier alpha value is -3.01. The van der Waals surface area contributed by atoms with E-state index in [0.717, 1.165) is 11.0 Å². The minimum absolute atomic E-state index is 0.0252. The number of benzene rings is 1. The Kier molecular flexibility index (Phi) is 7.49. The number of carbonyl (C=O) groups excluding carboxylic acids is 2. The van der Waals surface area contributed by atoms with Crippen LogP contribution in [0.3, 0.4) is 0 Å². The molecule has 0 fully saturated rings. The summed E-state index contributed by atoms with van der Waals surface area (Å²) in [5.74, 6) is -6.45. The fourth-order valence-corrected chi connectivity index (χ4v) is 3.04. The zero-order valence-electron chi connectivity index (χ0n) is 16.8. The Balaban J connectivity index is 2.72. The van der Waals surface area contributed by atoms with E-state index >= 15 is 0 Å². The van der Waals surface area contributed by atoms with Gasteiger partial charge in [0.2, 0.25) is 11.2 Å². The van der Waals surface area contributed by atoms with Crippen LogP contribution in [0.5, 0.6) is 11.5 Å². The van der Waals surface area contributed by atoms with Crippen molar-refractivity contribution in [3.05, 3.63) is 29.0 Å². The third-order valence-electron chi connectivity index (χ3n) is 4.30. The summed E-state index contributed by atoms with van der Waals surface area (Å²) in [5, 5.41) is -0.305. The fraction of sp³-hybridized carbons (Fsp3) is 0.368. The van der Waals surface area contributed by atoms with Crippen LogP contribution in [0.15, 0.2) is 27.3 Å². The first kappa shape index (κ1) is 23.3. The van der Waals surface area contributed by atoms with Crippen LogP contribution < -0.4 is 14.4 Å². The van der Waals surface area contributed by atoms with Gasteiger partial charge in [-0.15, -0.1) is 0 Å². The number of halogens is 3. The molecule has 8 nitrogen and oxygen atoms in total. The van der Waals surface area contributed by atoms with Crippen LogP contribution in [0.1, 0.15) is 13.8 Å². The van der Waals surface area contributed by atoms with Crippen LogP contribution in [0, 0.1) is 17.6 Å². The number of amidine groups is 1. The largest absolute Gasteiger partial charge is 0.493 e. The Labute approximate surface area is 176 Å². The van der Waals surface area contributed by atoms with Crippen LogP contribution in [0.25, 0.3) is 0 Å².